The quantitative estimate of drug-likeness (QED) is 0.542. The maximum Gasteiger partial charge on any atom is 0.305 e. The third kappa shape index (κ3) is 4.44. The summed E-state index contributed by atoms with van der Waals surface area (Å²) < 4.78 is 23.9. The first-order valence-electron chi connectivity index (χ1n) is 7.60. The smallest absolute Gasteiger partial charge is 0.305 e. The van der Waals surface area contributed by atoms with E-state index in [1.54, 1.807) is 18.2 Å². The van der Waals surface area contributed by atoms with Crippen molar-refractivity contribution >= 4 is 11.8 Å². The Hall–Kier alpha value is -3.68. The SMILES string of the molecule is O=C(NNC(=O)c1ccc(COc2ccccc2)o1)c1ccnc(F)c1. The van der Waals surface area contributed by atoms with E-state index in [2.05, 4.69) is 15.8 Å². The number of carbonyl (C=O) groups is 2. The summed E-state index contributed by atoms with van der Waals surface area (Å²) in [5.74, 6) is -1.01. The number of aromatic nitrogens is 1. The molecule has 0 aliphatic carbocycles. The number of ether oxygens (including phenoxy) is 1. The number of nitrogens with zero attached hydrogens (tertiary/aromatic N) is 1. The van der Waals surface area contributed by atoms with Gasteiger partial charge in [-0.15, -0.1) is 0 Å². The molecule has 2 amide bonds. The van der Waals surface area contributed by atoms with Gasteiger partial charge in [0.2, 0.25) is 5.95 Å². The normalized spacial score (nSPS) is 10.2. The molecule has 2 N–H and O–H groups in total. The van der Waals surface area contributed by atoms with Crippen LogP contribution in [0.25, 0.3) is 0 Å². The molecule has 7 nitrogen and oxygen atoms in total. The van der Waals surface area contributed by atoms with Crippen molar-refractivity contribution in [3.63, 3.8) is 0 Å². The molecular weight excluding hydrogens is 341 g/mol. The first-order chi connectivity index (χ1) is 12.6. The fraction of sp³-hybridized carbons (Fsp3) is 0.0556. The van der Waals surface area contributed by atoms with Gasteiger partial charge in [0, 0.05) is 17.8 Å². The zero-order chi connectivity index (χ0) is 18.4. The molecule has 0 fully saturated rings. The Balaban J connectivity index is 1.52. The fourth-order valence-corrected chi connectivity index (χ4v) is 2.04. The lowest BCUT2D eigenvalue weighted by atomic mass is 10.2. The van der Waals surface area contributed by atoms with E-state index < -0.39 is 17.8 Å². The average molecular weight is 355 g/mol. The van der Waals surface area contributed by atoms with Crippen molar-refractivity contribution in [2.75, 3.05) is 0 Å². The molecule has 0 saturated carbocycles. The summed E-state index contributed by atoms with van der Waals surface area (Å²) in [4.78, 5) is 27.2. The van der Waals surface area contributed by atoms with Gasteiger partial charge in [-0.2, -0.15) is 4.39 Å². The van der Waals surface area contributed by atoms with Crippen LogP contribution in [0.4, 0.5) is 4.39 Å². The number of halogens is 1. The summed E-state index contributed by atoms with van der Waals surface area (Å²) in [7, 11) is 0. The van der Waals surface area contributed by atoms with Crippen LogP contribution in [0.15, 0.2) is 65.2 Å². The van der Waals surface area contributed by atoms with Gasteiger partial charge in [-0.25, -0.2) is 4.98 Å². The van der Waals surface area contributed by atoms with Crippen LogP contribution in [0, 0.1) is 5.95 Å². The molecule has 0 aliphatic rings. The highest BCUT2D eigenvalue weighted by atomic mass is 19.1. The molecular formula is C18H14FN3O4. The molecule has 0 bridgehead atoms. The van der Waals surface area contributed by atoms with E-state index in [0.29, 0.717) is 11.5 Å². The molecule has 0 unspecified atom stereocenters. The topological polar surface area (TPSA) is 93.5 Å². The Labute approximate surface area is 147 Å². The highest BCUT2D eigenvalue weighted by Gasteiger charge is 2.13. The molecule has 3 rings (SSSR count). The molecule has 3 aromatic rings. The Morgan fingerprint density at radius 3 is 2.58 bits per heavy atom. The van der Waals surface area contributed by atoms with Gasteiger partial charge in [-0.05, 0) is 30.3 Å². The number of benzene rings is 1. The van der Waals surface area contributed by atoms with Gasteiger partial charge in [0.05, 0.1) is 0 Å². The van der Waals surface area contributed by atoms with Gasteiger partial charge in [0.15, 0.2) is 5.76 Å². The molecule has 0 radical (unpaired) electrons. The number of hydrogen-bond acceptors (Lipinski definition) is 5. The molecule has 26 heavy (non-hydrogen) atoms. The first-order valence-corrected chi connectivity index (χ1v) is 7.60. The molecule has 2 aromatic heterocycles. The lowest BCUT2D eigenvalue weighted by Gasteiger charge is -2.06. The zero-order valence-electron chi connectivity index (χ0n) is 13.4. The van der Waals surface area contributed by atoms with Crippen molar-refractivity contribution in [1.29, 1.82) is 0 Å². The highest BCUT2D eigenvalue weighted by molar-refractivity contribution is 5.97. The minimum absolute atomic E-state index is 0.00197. The van der Waals surface area contributed by atoms with Crippen LogP contribution in [0.3, 0.4) is 0 Å². The van der Waals surface area contributed by atoms with Crippen LogP contribution < -0.4 is 15.6 Å². The minimum Gasteiger partial charge on any atom is -0.486 e. The Kier molecular flexibility index (Phi) is 5.23. The van der Waals surface area contributed by atoms with Crippen molar-refractivity contribution in [3.8, 4) is 5.75 Å². The second-order valence-corrected chi connectivity index (χ2v) is 5.14. The maximum absolute atomic E-state index is 13.0. The van der Waals surface area contributed by atoms with Crippen LogP contribution in [-0.2, 0) is 6.61 Å². The van der Waals surface area contributed by atoms with E-state index in [0.717, 1.165) is 12.3 Å². The summed E-state index contributed by atoms with van der Waals surface area (Å²) in [6, 6.07) is 14.5. The zero-order valence-corrected chi connectivity index (χ0v) is 13.4. The summed E-state index contributed by atoms with van der Waals surface area (Å²) in [5.41, 5.74) is 4.38. The van der Waals surface area contributed by atoms with Crippen molar-refractivity contribution in [1.82, 2.24) is 15.8 Å². The molecule has 1 aromatic carbocycles. The van der Waals surface area contributed by atoms with Gasteiger partial charge in [-0.1, -0.05) is 18.2 Å². The number of hydrazine groups is 1. The molecule has 0 saturated heterocycles. The Bertz CT molecular complexity index is 912. The molecule has 2 heterocycles. The van der Waals surface area contributed by atoms with E-state index in [9.17, 15) is 14.0 Å². The highest BCUT2D eigenvalue weighted by Crippen LogP contribution is 2.13. The van der Waals surface area contributed by atoms with Crippen molar-refractivity contribution in [2.45, 2.75) is 6.61 Å². The monoisotopic (exact) mass is 355 g/mol. The second kappa shape index (κ2) is 7.93. The van der Waals surface area contributed by atoms with E-state index in [1.165, 1.54) is 12.1 Å². The first kappa shape index (κ1) is 17.2. The number of rotatable bonds is 5. The number of pyridine rings is 1. The number of hydrogen-bond donors (Lipinski definition) is 2. The van der Waals surface area contributed by atoms with Crippen molar-refractivity contribution in [3.05, 3.63) is 83.8 Å². The average Bonchev–Trinajstić information content (AvgIpc) is 3.14. The van der Waals surface area contributed by atoms with Crippen molar-refractivity contribution < 1.29 is 23.1 Å². The maximum atomic E-state index is 13.0. The van der Waals surface area contributed by atoms with Gasteiger partial charge in [0.1, 0.15) is 18.1 Å². The van der Waals surface area contributed by atoms with Crippen LogP contribution in [0.1, 0.15) is 26.7 Å². The van der Waals surface area contributed by atoms with Gasteiger partial charge in [-0.3, -0.25) is 20.4 Å². The number of para-hydroxylation sites is 1. The Morgan fingerprint density at radius 1 is 1.04 bits per heavy atom. The second-order valence-electron chi connectivity index (χ2n) is 5.14. The van der Waals surface area contributed by atoms with Crippen LogP contribution >= 0.6 is 0 Å². The molecule has 0 atom stereocenters. The Morgan fingerprint density at radius 2 is 1.81 bits per heavy atom. The van der Waals surface area contributed by atoms with Gasteiger partial charge in [0.25, 0.3) is 5.91 Å². The third-order valence-electron chi connectivity index (χ3n) is 3.29. The van der Waals surface area contributed by atoms with Gasteiger partial charge < -0.3 is 9.15 Å². The largest absolute Gasteiger partial charge is 0.486 e. The van der Waals surface area contributed by atoms with E-state index in [4.69, 9.17) is 9.15 Å². The lowest BCUT2D eigenvalue weighted by Crippen LogP contribution is -2.41. The number of nitrogens with one attached hydrogen (secondary N) is 2. The predicted molar refractivity (Wildman–Crippen MR) is 88.6 cm³/mol. The molecule has 0 aliphatic heterocycles. The summed E-state index contributed by atoms with van der Waals surface area (Å²) in [6.45, 7) is 0.153. The van der Waals surface area contributed by atoms with Crippen molar-refractivity contribution in [2.24, 2.45) is 0 Å². The summed E-state index contributed by atoms with van der Waals surface area (Å²) in [5, 5.41) is 0. The summed E-state index contributed by atoms with van der Waals surface area (Å²) >= 11 is 0. The lowest BCUT2D eigenvalue weighted by molar-refractivity contribution is 0.0828. The fourth-order valence-electron chi connectivity index (χ4n) is 2.04. The predicted octanol–water partition coefficient (Wildman–Crippen LogP) is 2.47. The van der Waals surface area contributed by atoms with Crippen LogP contribution in [0.2, 0.25) is 0 Å². The molecule has 132 valence electrons. The molecule has 0 spiro atoms. The third-order valence-corrected chi connectivity index (χ3v) is 3.29. The van der Waals surface area contributed by atoms with E-state index >= 15 is 0 Å². The van der Waals surface area contributed by atoms with Gasteiger partial charge >= 0.3 is 5.91 Å². The minimum atomic E-state index is -0.793. The van der Waals surface area contributed by atoms with E-state index in [-0.39, 0.29) is 17.9 Å². The standard InChI is InChI=1S/C18H14FN3O4/c19-16-10-12(8-9-20-16)17(23)21-22-18(24)15-7-6-14(26-15)11-25-13-4-2-1-3-5-13/h1-10H,11H2,(H,21,23)(H,22,24). The van der Waals surface area contributed by atoms with E-state index in [1.807, 2.05) is 18.2 Å². The number of carbonyl (C=O) groups excluding carboxylic acids is 2. The number of furan rings is 1. The molecule has 8 heteroatoms. The summed E-state index contributed by atoms with van der Waals surface area (Å²) in [6.07, 6.45) is 1.15. The van der Waals surface area contributed by atoms with Crippen LogP contribution in [0.5, 0.6) is 5.75 Å². The van der Waals surface area contributed by atoms with Crippen LogP contribution in [-0.4, -0.2) is 16.8 Å². The number of amides is 2.